The fraction of sp³-hybridized carbons (Fsp3) is 0.296. The van der Waals surface area contributed by atoms with Crippen LogP contribution in [-0.2, 0) is 25.6 Å². The van der Waals surface area contributed by atoms with Crippen LogP contribution in [-0.4, -0.2) is 57.9 Å². The van der Waals surface area contributed by atoms with Crippen LogP contribution in [0.1, 0.15) is 38.8 Å². The maximum absolute atomic E-state index is 12.8. The Morgan fingerprint density at radius 3 is 2.20 bits per heavy atom. The normalized spacial score (nSPS) is 11.6. The number of aromatic hydroxyl groups is 1. The molecule has 41 heavy (non-hydrogen) atoms. The first-order valence-corrected chi connectivity index (χ1v) is 12.2. The van der Waals surface area contributed by atoms with Crippen LogP contribution in [0.15, 0.2) is 35.9 Å². The number of nitrogens with zero attached hydrogens (tertiary/aromatic N) is 3. The third-order valence-corrected chi connectivity index (χ3v) is 5.47. The van der Waals surface area contributed by atoms with E-state index in [9.17, 15) is 39.7 Å². The van der Waals surface area contributed by atoms with Gasteiger partial charge >= 0.3 is 23.6 Å². The van der Waals surface area contributed by atoms with Crippen molar-refractivity contribution in [2.75, 3.05) is 13.1 Å². The minimum Gasteiger partial charge on any atom is -0.499 e. The van der Waals surface area contributed by atoms with Gasteiger partial charge in [-0.3, -0.25) is 24.5 Å². The van der Waals surface area contributed by atoms with Gasteiger partial charge in [-0.2, -0.15) is 5.26 Å². The van der Waals surface area contributed by atoms with Gasteiger partial charge in [0, 0.05) is 33.0 Å². The standard InChI is InChI=1S/C27H28N4O10/c1-5-30(6-2)26(35)19(14-28)9-18-11-21(31(37)38)25(34)24(13-18)41-27(36)20(29)10-17-7-8-22(39-15(3)32)23(12-17)40-16(4)33/h7-9,11-13,20,34H,5-6,10,29H2,1-4H3/b19-9+/t20-/m0/s1. The van der Waals surface area contributed by atoms with E-state index in [0.717, 1.165) is 32.1 Å². The Hall–Kier alpha value is -5.29. The van der Waals surface area contributed by atoms with Crippen molar-refractivity contribution in [3.63, 3.8) is 0 Å². The molecule has 0 saturated heterocycles. The molecule has 0 saturated carbocycles. The second-order valence-electron chi connectivity index (χ2n) is 8.49. The minimum atomic E-state index is -1.36. The molecule has 2 aromatic carbocycles. The lowest BCUT2D eigenvalue weighted by Crippen LogP contribution is -2.36. The van der Waals surface area contributed by atoms with E-state index in [2.05, 4.69) is 0 Å². The Morgan fingerprint density at radius 1 is 1.05 bits per heavy atom. The summed E-state index contributed by atoms with van der Waals surface area (Å²) in [5.74, 6) is -4.76. The van der Waals surface area contributed by atoms with Gasteiger partial charge in [0.15, 0.2) is 17.2 Å². The molecule has 0 heterocycles. The number of ether oxygens (including phenoxy) is 3. The Kier molecular flexibility index (Phi) is 11.1. The van der Waals surface area contributed by atoms with Crippen LogP contribution >= 0.6 is 0 Å². The van der Waals surface area contributed by atoms with Gasteiger partial charge in [0.2, 0.25) is 5.75 Å². The molecule has 2 aromatic rings. The number of likely N-dealkylation sites (N-methyl/N-ethyl adjacent to an activating group) is 1. The summed E-state index contributed by atoms with van der Waals surface area (Å²) in [6.07, 6.45) is 0.901. The van der Waals surface area contributed by atoms with Crippen LogP contribution in [0, 0.1) is 21.4 Å². The highest BCUT2D eigenvalue weighted by Gasteiger charge is 2.25. The van der Waals surface area contributed by atoms with Crippen LogP contribution < -0.4 is 19.9 Å². The number of esters is 3. The van der Waals surface area contributed by atoms with Gasteiger partial charge in [0.1, 0.15) is 17.7 Å². The molecular formula is C27H28N4O10. The number of nitro groups is 1. The Labute approximate surface area is 234 Å². The quantitative estimate of drug-likeness (QED) is 0.0998. The highest BCUT2D eigenvalue weighted by atomic mass is 16.6. The van der Waals surface area contributed by atoms with E-state index in [4.69, 9.17) is 19.9 Å². The molecule has 0 aliphatic heterocycles. The number of rotatable bonds is 11. The van der Waals surface area contributed by atoms with Crippen molar-refractivity contribution in [2.45, 2.75) is 40.2 Å². The lowest BCUT2D eigenvalue weighted by Gasteiger charge is -2.17. The monoisotopic (exact) mass is 568 g/mol. The number of hydrogen-bond acceptors (Lipinski definition) is 12. The molecule has 0 unspecified atom stereocenters. The number of hydrogen-bond donors (Lipinski definition) is 2. The SMILES string of the molecule is CCN(CC)C(=O)/C(C#N)=C/c1cc(OC(=O)[C@@H](N)Cc2ccc(OC(C)=O)c(OC(C)=O)c2)c(O)c([N+](=O)[O-])c1. The van der Waals surface area contributed by atoms with E-state index in [1.54, 1.807) is 19.9 Å². The number of carbonyl (C=O) groups is 4. The summed E-state index contributed by atoms with van der Waals surface area (Å²) in [6.45, 7) is 6.37. The van der Waals surface area contributed by atoms with Gasteiger partial charge in [-0.05, 0) is 55.7 Å². The van der Waals surface area contributed by atoms with Crippen LogP contribution in [0.4, 0.5) is 5.69 Å². The van der Waals surface area contributed by atoms with Gasteiger partial charge in [0.05, 0.1) is 4.92 Å². The number of phenols is 1. The van der Waals surface area contributed by atoms with Crippen molar-refractivity contribution in [1.82, 2.24) is 4.90 Å². The largest absolute Gasteiger partial charge is 0.499 e. The number of nitrogens with two attached hydrogens (primary N) is 1. The van der Waals surface area contributed by atoms with Crippen LogP contribution in [0.3, 0.4) is 0 Å². The first-order valence-electron chi connectivity index (χ1n) is 12.2. The summed E-state index contributed by atoms with van der Waals surface area (Å²) in [5, 5.41) is 31.4. The van der Waals surface area contributed by atoms with Gasteiger partial charge < -0.3 is 30.0 Å². The molecule has 14 heteroatoms. The topological polar surface area (TPSA) is 212 Å². The summed E-state index contributed by atoms with van der Waals surface area (Å²) in [4.78, 5) is 60.1. The van der Waals surface area contributed by atoms with Crippen LogP contribution in [0.2, 0.25) is 0 Å². The van der Waals surface area contributed by atoms with Gasteiger partial charge in [-0.1, -0.05) is 6.07 Å². The van der Waals surface area contributed by atoms with E-state index in [0.29, 0.717) is 18.7 Å². The molecule has 3 N–H and O–H groups in total. The van der Waals surface area contributed by atoms with E-state index < -0.39 is 52.0 Å². The average molecular weight is 569 g/mol. The first kappa shape index (κ1) is 31.9. The van der Waals surface area contributed by atoms with E-state index >= 15 is 0 Å². The molecule has 2 rings (SSSR count). The maximum atomic E-state index is 12.8. The van der Waals surface area contributed by atoms with Crippen LogP contribution in [0.5, 0.6) is 23.0 Å². The van der Waals surface area contributed by atoms with Gasteiger partial charge in [-0.25, -0.2) is 4.79 Å². The fourth-order valence-electron chi connectivity index (χ4n) is 3.58. The highest BCUT2D eigenvalue weighted by Crippen LogP contribution is 2.38. The molecule has 216 valence electrons. The van der Waals surface area contributed by atoms with Gasteiger partial charge in [-0.15, -0.1) is 0 Å². The zero-order valence-corrected chi connectivity index (χ0v) is 22.7. The number of phenolic OH excluding ortho intramolecular Hbond substituents is 1. The Balaban J connectivity index is 2.38. The van der Waals surface area contributed by atoms with Crippen molar-refractivity contribution < 1.29 is 43.4 Å². The van der Waals surface area contributed by atoms with Crippen molar-refractivity contribution in [1.29, 1.82) is 5.26 Å². The molecule has 0 aliphatic rings. The fourth-order valence-corrected chi connectivity index (χ4v) is 3.58. The van der Waals surface area contributed by atoms with Crippen molar-refractivity contribution >= 4 is 35.6 Å². The number of carbonyl (C=O) groups excluding carboxylic acids is 4. The number of amides is 1. The van der Waals surface area contributed by atoms with E-state index in [1.165, 1.54) is 23.1 Å². The molecule has 14 nitrogen and oxygen atoms in total. The summed E-state index contributed by atoms with van der Waals surface area (Å²) >= 11 is 0. The van der Waals surface area contributed by atoms with Gasteiger partial charge in [0.25, 0.3) is 5.91 Å². The lowest BCUT2D eigenvalue weighted by atomic mass is 10.1. The molecule has 0 aromatic heterocycles. The smallest absolute Gasteiger partial charge is 0.328 e. The van der Waals surface area contributed by atoms with Crippen molar-refractivity contribution in [3.8, 4) is 29.1 Å². The molecular weight excluding hydrogens is 540 g/mol. The minimum absolute atomic E-state index is 0.0362. The molecule has 0 aliphatic carbocycles. The third-order valence-electron chi connectivity index (χ3n) is 5.47. The number of nitro benzene ring substituents is 1. The maximum Gasteiger partial charge on any atom is 0.328 e. The Morgan fingerprint density at radius 2 is 1.66 bits per heavy atom. The molecule has 1 atom stereocenters. The predicted molar refractivity (Wildman–Crippen MR) is 143 cm³/mol. The van der Waals surface area contributed by atoms with E-state index in [1.807, 2.05) is 0 Å². The highest BCUT2D eigenvalue weighted by molar-refractivity contribution is 6.01. The Bertz CT molecular complexity index is 1440. The average Bonchev–Trinajstić information content (AvgIpc) is 2.90. The number of benzene rings is 2. The predicted octanol–water partition coefficient (Wildman–Crippen LogP) is 2.40. The van der Waals surface area contributed by atoms with E-state index in [-0.39, 0.29) is 29.1 Å². The zero-order valence-electron chi connectivity index (χ0n) is 22.7. The summed E-state index contributed by atoms with van der Waals surface area (Å²) in [5.41, 5.74) is 5.12. The van der Waals surface area contributed by atoms with Crippen molar-refractivity contribution in [3.05, 3.63) is 57.1 Å². The third kappa shape index (κ3) is 8.60. The van der Waals surface area contributed by atoms with Crippen molar-refractivity contribution in [2.24, 2.45) is 5.73 Å². The summed E-state index contributed by atoms with van der Waals surface area (Å²) in [7, 11) is 0. The molecule has 0 radical (unpaired) electrons. The molecule has 0 spiro atoms. The molecule has 1 amide bonds. The number of nitriles is 1. The lowest BCUT2D eigenvalue weighted by molar-refractivity contribution is -0.385. The zero-order chi connectivity index (χ0) is 30.9. The summed E-state index contributed by atoms with van der Waals surface area (Å²) < 4.78 is 15.2. The molecule has 0 fully saturated rings. The molecule has 0 bridgehead atoms. The van der Waals surface area contributed by atoms with Crippen LogP contribution in [0.25, 0.3) is 6.08 Å². The second kappa shape index (κ2) is 14.2. The summed E-state index contributed by atoms with van der Waals surface area (Å²) in [6, 6.07) is 6.48. The second-order valence-corrected chi connectivity index (χ2v) is 8.49. The first-order chi connectivity index (χ1) is 19.3.